The second-order valence-electron chi connectivity index (χ2n) is 16.4. The maximum absolute atomic E-state index is 13.3. The first-order valence-electron chi connectivity index (χ1n) is 22.1. The van der Waals surface area contributed by atoms with Crippen LogP contribution in [-0.4, -0.2) is 52.1 Å². The first-order valence-corrected chi connectivity index (χ1v) is 22.1. The standard InChI is InChI=1S/C58H43N7O/c1-64-34-29-39(30-35-64)40-31-36-65(37-32-40)38-33-54(66)59-45-19-17-44(18-20-45)58-52-27-25-50(62-52)56(42-13-7-3-8-14-42)48-23-21-46(60-48)55(41-11-5-2-6-12-41)47-22-24-49(61-47)57(43-15-9-4-10-16-43)51-26-28-53(58)63-51/h2-32,34-37H,33,38H2,1H3,(H,59,66). The molecule has 8 bridgehead atoms. The van der Waals surface area contributed by atoms with Crippen molar-refractivity contribution in [2.45, 2.75) is 6.42 Å². The molecule has 66 heavy (non-hydrogen) atoms. The number of carbonyl (C=O) groups is 1. The van der Waals surface area contributed by atoms with Gasteiger partial charge < -0.3 is 15.1 Å². The number of aliphatic imine (C=N–C) groups is 4. The average molecular weight is 854 g/mol. The summed E-state index contributed by atoms with van der Waals surface area (Å²) in [6.45, 7) is 0.557. The van der Waals surface area contributed by atoms with E-state index in [0.717, 1.165) is 101 Å². The molecule has 0 radical (unpaired) electrons. The lowest BCUT2D eigenvalue weighted by Gasteiger charge is -2.20. The minimum Gasteiger partial charge on any atom is -0.357 e. The van der Waals surface area contributed by atoms with E-state index in [2.05, 4.69) is 115 Å². The molecule has 316 valence electrons. The van der Waals surface area contributed by atoms with Crippen LogP contribution in [0.4, 0.5) is 5.69 Å². The predicted molar refractivity (Wildman–Crippen MR) is 271 cm³/mol. The van der Waals surface area contributed by atoms with E-state index in [1.807, 2.05) is 121 Å². The minimum atomic E-state index is -0.0630. The fraction of sp³-hybridized carbons (Fsp3) is 0.0517. The normalized spacial score (nSPS) is 18.1. The Bertz CT molecular complexity index is 3170. The molecule has 0 aromatic heterocycles. The Morgan fingerprint density at radius 2 is 0.773 bits per heavy atom. The lowest BCUT2D eigenvalue weighted by molar-refractivity contribution is -0.116. The van der Waals surface area contributed by atoms with Gasteiger partial charge in [0.2, 0.25) is 5.91 Å². The summed E-state index contributed by atoms with van der Waals surface area (Å²) in [7, 11) is 2.01. The molecule has 7 heterocycles. The van der Waals surface area contributed by atoms with Crippen LogP contribution in [0, 0.1) is 0 Å². The van der Waals surface area contributed by atoms with Crippen LogP contribution in [0.3, 0.4) is 0 Å². The van der Waals surface area contributed by atoms with E-state index in [9.17, 15) is 4.79 Å². The summed E-state index contributed by atoms with van der Waals surface area (Å²) in [6, 6.07) is 38.9. The number of benzene rings is 4. The maximum atomic E-state index is 13.3. The summed E-state index contributed by atoms with van der Waals surface area (Å²) in [5.74, 6) is -0.0630. The van der Waals surface area contributed by atoms with Crippen molar-refractivity contribution in [2.75, 3.05) is 18.9 Å². The van der Waals surface area contributed by atoms with Crippen molar-refractivity contribution in [2.24, 2.45) is 20.0 Å². The molecule has 0 fully saturated rings. The molecule has 7 aliphatic heterocycles. The van der Waals surface area contributed by atoms with Crippen LogP contribution in [-0.2, 0) is 4.79 Å². The zero-order valence-electron chi connectivity index (χ0n) is 36.2. The van der Waals surface area contributed by atoms with Gasteiger partial charge in [0.25, 0.3) is 0 Å². The molecule has 4 aromatic rings. The molecule has 4 aromatic carbocycles. The molecule has 0 aliphatic carbocycles. The molecule has 0 atom stereocenters. The smallest absolute Gasteiger partial charge is 0.226 e. The quantitative estimate of drug-likeness (QED) is 0.192. The minimum absolute atomic E-state index is 0.0630. The van der Waals surface area contributed by atoms with Gasteiger partial charge in [-0.2, -0.15) is 0 Å². The molecule has 0 saturated heterocycles. The van der Waals surface area contributed by atoms with Gasteiger partial charge in [0.1, 0.15) is 0 Å². The molecule has 8 heteroatoms. The van der Waals surface area contributed by atoms with Gasteiger partial charge in [-0.3, -0.25) is 4.79 Å². The van der Waals surface area contributed by atoms with Crippen molar-refractivity contribution < 1.29 is 4.79 Å². The highest BCUT2D eigenvalue weighted by Gasteiger charge is 2.27. The van der Waals surface area contributed by atoms with E-state index < -0.39 is 0 Å². The third-order valence-corrected chi connectivity index (χ3v) is 12.1. The van der Waals surface area contributed by atoms with E-state index in [1.165, 1.54) is 0 Å². The van der Waals surface area contributed by atoms with Gasteiger partial charge in [-0.1, -0.05) is 103 Å². The number of nitrogens with zero attached hydrogens (tertiary/aromatic N) is 6. The zero-order chi connectivity index (χ0) is 44.4. The topological polar surface area (TPSA) is 85.0 Å². The fourth-order valence-electron chi connectivity index (χ4n) is 8.75. The molecule has 11 rings (SSSR count). The van der Waals surface area contributed by atoms with Gasteiger partial charge in [-0.05, 0) is 118 Å². The summed E-state index contributed by atoms with van der Waals surface area (Å²) in [6.07, 6.45) is 33.4. The van der Waals surface area contributed by atoms with E-state index >= 15 is 0 Å². The number of hydrogen-bond acceptors (Lipinski definition) is 7. The van der Waals surface area contributed by atoms with E-state index in [-0.39, 0.29) is 5.91 Å². The fourth-order valence-corrected chi connectivity index (χ4v) is 8.75. The van der Waals surface area contributed by atoms with Gasteiger partial charge in [-0.25, -0.2) is 20.0 Å². The van der Waals surface area contributed by atoms with Crippen LogP contribution < -0.4 is 5.32 Å². The Morgan fingerprint density at radius 3 is 1.15 bits per heavy atom. The van der Waals surface area contributed by atoms with Crippen molar-refractivity contribution in [3.8, 4) is 0 Å². The largest absolute Gasteiger partial charge is 0.357 e. The molecular formula is C58H43N7O. The summed E-state index contributed by atoms with van der Waals surface area (Å²) in [5.41, 5.74) is 17.1. The Morgan fingerprint density at radius 1 is 0.424 bits per heavy atom. The number of nitrogens with one attached hydrogen (secondary N) is 1. The molecule has 0 unspecified atom stereocenters. The molecule has 0 saturated carbocycles. The molecule has 1 N–H and O–H groups in total. The highest BCUT2D eigenvalue weighted by atomic mass is 16.1. The van der Waals surface area contributed by atoms with E-state index in [1.54, 1.807) is 0 Å². The Balaban J connectivity index is 0.966. The van der Waals surface area contributed by atoms with Crippen molar-refractivity contribution >= 4 is 56.7 Å². The van der Waals surface area contributed by atoms with Crippen LogP contribution in [0.1, 0.15) is 28.7 Å². The van der Waals surface area contributed by atoms with Crippen molar-refractivity contribution in [3.05, 3.63) is 269 Å². The zero-order valence-corrected chi connectivity index (χ0v) is 36.2. The predicted octanol–water partition coefficient (Wildman–Crippen LogP) is 11.6. The lowest BCUT2D eigenvalue weighted by Crippen LogP contribution is -2.20. The molecule has 1 amide bonds. The Labute approximate surface area is 384 Å². The monoisotopic (exact) mass is 853 g/mol. The van der Waals surface area contributed by atoms with Crippen LogP contribution in [0.25, 0.3) is 22.3 Å². The van der Waals surface area contributed by atoms with E-state index in [4.69, 9.17) is 20.0 Å². The van der Waals surface area contributed by atoms with Crippen LogP contribution >= 0.6 is 0 Å². The number of amides is 1. The summed E-state index contributed by atoms with van der Waals surface area (Å²) in [5, 5.41) is 3.11. The van der Waals surface area contributed by atoms with Crippen molar-refractivity contribution in [1.29, 1.82) is 0 Å². The van der Waals surface area contributed by atoms with Crippen LogP contribution in [0.5, 0.6) is 0 Å². The Kier molecular flexibility index (Phi) is 10.6. The van der Waals surface area contributed by atoms with Gasteiger partial charge in [-0.15, -0.1) is 0 Å². The number of rotatable bonds is 8. The maximum Gasteiger partial charge on any atom is 0.226 e. The number of hydrogen-bond donors (Lipinski definition) is 1. The highest BCUT2D eigenvalue weighted by Crippen LogP contribution is 2.38. The van der Waals surface area contributed by atoms with Crippen molar-refractivity contribution in [1.82, 2.24) is 9.80 Å². The third-order valence-electron chi connectivity index (χ3n) is 12.1. The van der Waals surface area contributed by atoms with Crippen LogP contribution in [0.15, 0.2) is 267 Å². The highest BCUT2D eigenvalue weighted by molar-refractivity contribution is 6.39. The number of carbonyl (C=O) groups excluding carboxylic acids is 1. The number of allylic oxidation sites excluding steroid dienone is 18. The third kappa shape index (κ3) is 8.04. The summed E-state index contributed by atoms with van der Waals surface area (Å²) in [4.78, 5) is 38.8. The van der Waals surface area contributed by atoms with Crippen molar-refractivity contribution in [3.63, 3.8) is 0 Å². The van der Waals surface area contributed by atoms with Crippen LogP contribution in [0.2, 0.25) is 0 Å². The molecule has 0 spiro atoms. The average Bonchev–Trinajstić information content (AvgIpc) is 4.22. The van der Waals surface area contributed by atoms with Gasteiger partial charge >= 0.3 is 0 Å². The molecule has 8 nitrogen and oxygen atoms in total. The Hall–Kier alpha value is -8.75. The first-order chi connectivity index (χ1) is 32.5. The summed E-state index contributed by atoms with van der Waals surface area (Å²) < 4.78 is 0. The second-order valence-corrected chi connectivity index (χ2v) is 16.4. The van der Waals surface area contributed by atoms with Gasteiger partial charge in [0.05, 0.1) is 45.6 Å². The molecular weight excluding hydrogens is 811 g/mol. The van der Waals surface area contributed by atoms with E-state index in [0.29, 0.717) is 18.7 Å². The number of fused-ring (bicyclic) bond motifs is 4. The summed E-state index contributed by atoms with van der Waals surface area (Å²) >= 11 is 0. The first kappa shape index (κ1) is 40.1. The second kappa shape index (κ2) is 17.4. The van der Waals surface area contributed by atoms with Gasteiger partial charge in [0.15, 0.2) is 0 Å². The molecule has 7 aliphatic rings. The lowest BCUT2D eigenvalue weighted by atomic mass is 9.98. The number of anilines is 1. The SMILES string of the molecule is CN1C=CC(=C2C=CN(CCC(=O)Nc3ccc(C4=C5C=CC(=N5)C(c5ccccc5)=C5C=CC(=N5)C(c5ccccc5)=C5C=CC(=N5)C(c5ccccc5)=C5C=CC4=N5)cc3)C=C2)C=C1. The van der Waals surface area contributed by atoms with Gasteiger partial charge in [0, 0.05) is 72.8 Å².